The summed E-state index contributed by atoms with van der Waals surface area (Å²) in [6.45, 7) is 13.8. The van der Waals surface area contributed by atoms with Gasteiger partial charge in [-0.2, -0.15) is 0 Å². The van der Waals surface area contributed by atoms with E-state index in [9.17, 15) is 14.4 Å². The molecule has 0 heterocycles. The van der Waals surface area contributed by atoms with E-state index >= 15 is 0 Å². The van der Waals surface area contributed by atoms with Crippen LogP contribution >= 0.6 is 0 Å². The van der Waals surface area contributed by atoms with Gasteiger partial charge in [0.1, 0.15) is 0 Å². The van der Waals surface area contributed by atoms with Gasteiger partial charge in [0, 0.05) is 32.4 Å². The van der Waals surface area contributed by atoms with Gasteiger partial charge in [-0.3, -0.25) is 14.4 Å². The van der Waals surface area contributed by atoms with Gasteiger partial charge in [-0.15, -0.1) is 0 Å². The second-order valence-electron chi connectivity index (χ2n) is 19.0. The second kappa shape index (κ2) is 44.0. The fourth-order valence-electron chi connectivity index (χ4n) is 8.75. The van der Waals surface area contributed by atoms with E-state index in [0.717, 1.165) is 77.3 Å². The molecule has 0 aliphatic heterocycles. The Morgan fingerprint density at radius 2 is 0.717 bits per heavy atom. The summed E-state index contributed by atoms with van der Waals surface area (Å²) in [6.07, 6.45) is 41.1. The number of carbonyl (C=O) groups excluding carboxylic acids is 3. The van der Waals surface area contributed by atoms with Crippen LogP contribution in [0.2, 0.25) is 0 Å². The van der Waals surface area contributed by atoms with Crippen LogP contribution in [0.1, 0.15) is 266 Å². The molecule has 0 saturated heterocycles. The SMILES string of the molecule is CCCCCCCCC(CCCCCC)COC(=O)CCCCCC(CCCCCC(=O)OCC(CCCCCC)CCCCCCCC)N(CCCCN(C)C)C(C)=O. The third-order valence-electron chi connectivity index (χ3n) is 12.8. The first-order valence-corrected chi connectivity index (χ1v) is 26.4. The molecule has 0 N–H and O–H groups in total. The molecule has 7 nitrogen and oxygen atoms in total. The molecule has 2 atom stereocenters. The van der Waals surface area contributed by atoms with Crippen molar-refractivity contribution >= 4 is 17.8 Å². The third-order valence-corrected chi connectivity index (χ3v) is 12.8. The fraction of sp³-hybridized carbons (Fsp3) is 0.943. The van der Waals surface area contributed by atoms with E-state index in [2.05, 4.69) is 51.6 Å². The van der Waals surface area contributed by atoms with Crippen LogP contribution in [0.4, 0.5) is 0 Å². The number of esters is 2. The molecule has 0 aliphatic rings. The zero-order valence-electron chi connectivity index (χ0n) is 41.5. The normalized spacial score (nSPS) is 13.1. The predicted octanol–water partition coefficient (Wildman–Crippen LogP) is 15.2. The topological polar surface area (TPSA) is 76.2 Å². The number of hydrogen-bond donors (Lipinski definition) is 0. The molecule has 7 heteroatoms. The zero-order valence-corrected chi connectivity index (χ0v) is 41.5. The molecule has 0 spiro atoms. The molecule has 60 heavy (non-hydrogen) atoms. The summed E-state index contributed by atoms with van der Waals surface area (Å²) in [5, 5.41) is 0. The lowest BCUT2D eigenvalue weighted by atomic mass is 9.95. The second-order valence-corrected chi connectivity index (χ2v) is 19.0. The van der Waals surface area contributed by atoms with Crippen LogP contribution < -0.4 is 0 Å². The van der Waals surface area contributed by atoms with Crippen molar-refractivity contribution in [3.8, 4) is 0 Å². The standard InChI is InChI=1S/C53H104N2O5/c1-8-12-16-20-22-28-38-49(36-26-18-14-10-3)46-59-52(57)42-32-24-30-40-51(55(48(5)56)45-35-34-44-54(6)7)41-31-25-33-43-53(58)60-47-50(37-27-19-15-11-4)39-29-23-21-17-13-9-2/h49-51H,8-47H2,1-7H3. The highest BCUT2D eigenvalue weighted by molar-refractivity contribution is 5.73. The number of carbonyl (C=O) groups is 3. The summed E-state index contributed by atoms with van der Waals surface area (Å²) >= 11 is 0. The van der Waals surface area contributed by atoms with Crippen LogP contribution in [0.25, 0.3) is 0 Å². The van der Waals surface area contributed by atoms with E-state index in [-0.39, 0.29) is 23.9 Å². The van der Waals surface area contributed by atoms with Crippen LogP contribution in [0, 0.1) is 11.8 Å². The van der Waals surface area contributed by atoms with Gasteiger partial charge in [-0.25, -0.2) is 0 Å². The molecule has 0 aromatic heterocycles. The highest BCUT2D eigenvalue weighted by Crippen LogP contribution is 2.23. The molecule has 356 valence electrons. The summed E-state index contributed by atoms with van der Waals surface area (Å²) in [7, 11) is 4.20. The third kappa shape index (κ3) is 38.1. The molecule has 0 aliphatic carbocycles. The number of unbranched alkanes of at least 4 members (excludes halogenated alkanes) is 21. The van der Waals surface area contributed by atoms with Gasteiger partial charge in [0.25, 0.3) is 0 Å². The number of rotatable bonds is 46. The number of hydrogen-bond acceptors (Lipinski definition) is 6. The average Bonchev–Trinajstić information content (AvgIpc) is 3.22. The van der Waals surface area contributed by atoms with Crippen molar-refractivity contribution in [3.05, 3.63) is 0 Å². The van der Waals surface area contributed by atoms with Crippen molar-refractivity contribution in [1.82, 2.24) is 9.80 Å². The Balaban J connectivity index is 4.92. The zero-order chi connectivity index (χ0) is 44.3. The Morgan fingerprint density at radius 1 is 0.400 bits per heavy atom. The van der Waals surface area contributed by atoms with Crippen molar-refractivity contribution in [1.29, 1.82) is 0 Å². The van der Waals surface area contributed by atoms with E-state index in [1.54, 1.807) is 6.92 Å². The minimum absolute atomic E-state index is 0.0434. The Bertz CT molecular complexity index is 900. The lowest BCUT2D eigenvalue weighted by Crippen LogP contribution is -2.40. The summed E-state index contributed by atoms with van der Waals surface area (Å²) in [5.41, 5.74) is 0. The van der Waals surface area contributed by atoms with E-state index in [1.807, 2.05) is 0 Å². The van der Waals surface area contributed by atoms with E-state index in [4.69, 9.17) is 9.47 Å². The molecular weight excluding hydrogens is 745 g/mol. The van der Waals surface area contributed by atoms with Crippen molar-refractivity contribution < 1.29 is 23.9 Å². The van der Waals surface area contributed by atoms with E-state index in [0.29, 0.717) is 37.9 Å². The number of nitrogens with zero attached hydrogens (tertiary/aromatic N) is 2. The molecule has 0 rings (SSSR count). The van der Waals surface area contributed by atoms with E-state index < -0.39 is 0 Å². The molecule has 2 unspecified atom stereocenters. The molecule has 0 bridgehead atoms. The van der Waals surface area contributed by atoms with Crippen molar-refractivity contribution in [2.75, 3.05) is 40.4 Å². The number of ether oxygens (including phenoxy) is 2. The van der Waals surface area contributed by atoms with Gasteiger partial charge >= 0.3 is 11.9 Å². The summed E-state index contributed by atoms with van der Waals surface area (Å²) < 4.78 is 11.7. The van der Waals surface area contributed by atoms with Crippen molar-refractivity contribution in [3.63, 3.8) is 0 Å². The summed E-state index contributed by atoms with van der Waals surface area (Å²) in [4.78, 5) is 42.9. The maximum absolute atomic E-state index is 13.0. The predicted molar refractivity (Wildman–Crippen MR) is 258 cm³/mol. The van der Waals surface area contributed by atoms with Crippen LogP contribution in [0.15, 0.2) is 0 Å². The molecule has 0 fully saturated rings. The Labute approximate surface area is 374 Å². The maximum Gasteiger partial charge on any atom is 0.305 e. The molecule has 1 amide bonds. The Kier molecular flexibility index (Phi) is 42.8. The van der Waals surface area contributed by atoms with Crippen LogP contribution in [0.5, 0.6) is 0 Å². The van der Waals surface area contributed by atoms with Gasteiger partial charge in [-0.05, 0) is 96.7 Å². The molecule has 0 saturated carbocycles. The van der Waals surface area contributed by atoms with Crippen LogP contribution in [-0.2, 0) is 23.9 Å². The van der Waals surface area contributed by atoms with Crippen LogP contribution in [0.3, 0.4) is 0 Å². The van der Waals surface area contributed by atoms with Gasteiger partial charge in [0.05, 0.1) is 13.2 Å². The van der Waals surface area contributed by atoms with Crippen LogP contribution in [-0.4, -0.2) is 74.1 Å². The first-order chi connectivity index (χ1) is 29.2. The lowest BCUT2D eigenvalue weighted by Gasteiger charge is -2.32. The summed E-state index contributed by atoms with van der Waals surface area (Å²) in [6, 6.07) is 0.201. The van der Waals surface area contributed by atoms with Crippen molar-refractivity contribution in [2.45, 2.75) is 272 Å². The van der Waals surface area contributed by atoms with Crippen molar-refractivity contribution in [2.24, 2.45) is 11.8 Å². The van der Waals surface area contributed by atoms with E-state index in [1.165, 1.54) is 154 Å². The Hall–Kier alpha value is -1.63. The molecule has 0 aromatic rings. The first kappa shape index (κ1) is 58.4. The van der Waals surface area contributed by atoms with Gasteiger partial charge < -0.3 is 19.3 Å². The molecular formula is C53H104N2O5. The van der Waals surface area contributed by atoms with Gasteiger partial charge in [0.15, 0.2) is 0 Å². The smallest absolute Gasteiger partial charge is 0.305 e. The molecule has 0 aromatic carbocycles. The monoisotopic (exact) mass is 849 g/mol. The minimum Gasteiger partial charge on any atom is -0.465 e. The number of amides is 1. The fourth-order valence-corrected chi connectivity index (χ4v) is 8.75. The summed E-state index contributed by atoms with van der Waals surface area (Å²) in [5.74, 6) is 1.07. The quantitative estimate of drug-likeness (QED) is 0.0449. The van der Waals surface area contributed by atoms with Gasteiger partial charge in [-0.1, -0.05) is 182 Å². The first-order valence-electron chi connectivity index (χ1n) is 26.4. The lowest BCUT2D eigenvalue weighted by molar-refractivity contribution is -0.146. The Morgan fingerprint density at radius 3 is 1.08 bits per heavy atom. The largest absolute Gasteiger partial charge is 0.465 e. The molecule has 0 radical (unpaired) electrons. The highest BCUT2D eigenvalue weighted by atomic mass is 16.5. The average molecular weight is 849 g/mol. The minimum atomic E-state index is -0.0434. The van der Waals surface area contributed by atoms with Gasteiger partial charge in [0.2, 0.25) is 5.91 Å². The maximum atomic E-state index is 13.0. The highest BCUT2D eigenvalue weighted by Gasteiger charge is 2.21.